The SMILES string of the molecule is CCCCCC1C(=O)c2cc(OC)cc(Oc3ccc(OC)cc3OC)c2NC1O. The third-order valence-corrected chi connectivity index (χ3v) is 5.30. The predicted molar refractivity (Wildman–Crippen MR) is 114 cm³/mol. The smallest absolute Gasteiger partial charge is 0.172 e. The average molecular weight is 415 g/mol. The highest BCUT2D eigenvalue weighted by Gasteiger charge is 2.36. The highest BCUT2D eigenvalue weighted by atomic mass is 16.5. The molecule has 30 heavy (non-hydrogen) atoms. The minimum Gasteiger partial charge on any atom is -0.497 e. The number of hydrogen-bond donors (Lipinski definition) is 2. The van der Waals surface area contributed by atoms with Crippen molar-refractivity contribution in [3.05, 3.63) is 35.9 Å². The average Bonchev–Trinajstić information content (AvgIpc) is 2.76. The number of rotatable bonds is 9. The molecular weight excluding hydrogens is 386 g/mol. The quantitative estimate of drug-likeness (QED) is 0.578. The Morgan fingerprint density at radius 1 is 0.933 bits per heavy atom. The third kappa shape index (κ3) is 4.46. The van der Waals surface area contributed by atoms with Crippen LogP contribution in [-0.4, -0.2) is 38.4 Å². The molecular formula is C23H29NO6. The summed E-state index contributed by atoms with van der Waals surface area (Å²) in [6, 6.07) is 8.54. The molecule has 7 heteroatoms. The first-order valence-electron chi connectivity index (χ1n) is 10.1. The number of ketones is 1. The van der Waals surface area contributed by atoms with E-state index in [1.54, 1.807) is 37.4 Å². The zero-order valence-corrected chi connectivity index (χ0v) is 17.9. The Kier molecular flexibility index (Phi) is 7.05. The maximum absolute atomic E-state index is 13.1. The van der Waals surface area contributed by atoms with Gasteiger partial charge in [0.25, 0.3) is 0 Å². The van der Waals surface area contributed by atoms with Crippen LogP contribution in [0.3, 0.4) is 0 Å². The van der Waals surface area contributed by atoms with E-state index in [0.29, 0.717) is 46.4 Å². The number of aliphatic hydroxyl groups is 1. The molecule has 0 aromatic heterocycles. The minimum absolute atomic E-state index is 0.113. The van der Waals surface area contributed by atoms with Gasteiger partial charge in [-0.3, -0.25) is 4.79 Å². The van der Waals surface area contributed by atoms with Crippen molar-refractivity contribution in [1.29, 1.82) is 0 Å². The lowest BCUT2D eigenvalue weighted by Gasteiger charge is -2.31. The Morgan fingerprint density at radius 3 is 2.33 bits per heavy atom. The Hall–Kier alpha value is -2.93. The summed E-state index contributed by atoms with van der Waals surface area (Å²) in [4.78, 5) is 13.1. The van der Waals surface area contributed by atoms with E-state index >= 15 is 0 Å². The van der Waals surface area contributed by atoms with Crippen LogP contribution in [0.5, 0.6) is 28.7 Å². The van der Waals surface area contributed by atoms with Gasteiger partial charge in [0.05, 0.1) is 32.9 Å². The zero-order chi connectivity index (χ0) is 21.7. The predicted octanol–water partition coefficient (Wildman–Crippen LogP) is 4.63. The molecule has 2 unspecified atom stereocenters. The number of benzene rings is 2. The monoisotopic (exact) mass is 415 g/mol. The van der Waals surface area contributed by atoms with Gasteiger partial charge in [0, 0.05) is 17.7 Å². The van der Waals surface area contributed by atoms with Crippen LogP contribution in [-0.2, 0) is 0 Å². The first-order valence-corrected chi connectivity index (χ1v) is 10.1. The van der Waals surface area contributed by atoms with E-state index in [2.05, 4.69) is 12.2 Å². The van der Waals surface area contributed by atoms with Gasteiger partial charge in [-0.15, -0.1) is 0 Å². The molecule has 0 aliphatic carbocycles. The van der Waals surface area contributed by atoms with Gasteiger partial charge in [0.15, 0.2) is 23.0 Å². The molecule has 2 N–H and O–H groups in total. The van der Waals surface area contributed by atoms with Crippen LogP contribution in [0.2, 0.25) is 0 Å². The van der Waals surface area contributed by atoms with Gasteiger partial charge >= 0.3 is 0 Å². The maximum atomic E-state index is 13.1. The Labute approximate surface area is 176 Å². The number of fused-ring (bicyclic) bond motifs is 1. The molecule has 0 amide bonds. The topological polar surface area (TPSA) is 86.3 Å². The van der Waals surface area contributed by atoms with Gasteiger partial charge in [-0.25, -0.2) is 0 Å². The van der Waals surface area contributed by atoms with Gasteiger partial charge in [0.2, 0.25) is 0 Å². The van der Waals surface area contributed by atoms with Crippen molar-refractivity contribution in [1.82, 2.24) is 0 Å². The van der Waals surface area contributed by atoms with Crippen molar-refractivity contribution >= 4 is 11.5 Å². The van der Waals surface area contributed by atoms with Gasteiger partial charge in [-0.05, 0) is 24.6 Å². The molecule has 2 atom stereocenters. The molecule has 7 nitrogen and oxygen atoms in total. The Balaban J connectivity index is 1.97. The number of carbonyl (C=O) groups is 1. The second kappa shape index (κ2) is 9.71. The van der Waals surface area contributed by atoms with E-state index in [1.807, 2.05) is 0 Å². The van der Waals surface area contributed by atoms with Crippen molar-refractivity contribution < 1.29 is 28.8 Å². The molecule has 0 saturated heterocycles. The Morgan fingerprint density at radius 2 is 1.67 bits per heavy atom. The number of nitrogens with one attached hydrogen (secondary N) is 1. The lowest BCUT2D eigenvalue weighted by atomic mass is 9.86. The van der Waals surface area contributed by atoms with E-state index < -0.39 is 12.1 Å². The van der Waals surface area contributed by atoms with Crippen LogP contribution in [0.4, 0.5) is 5.69 Å². The molecule has 0 fully saturated rings. The molecule has 0 spiro atoms. The molecule has 1 heterocycles. The highest BCUT2D eigenvalue weighted by molar-refractivity contribution is 6.06. The fraction of sp³-hybridized carbons (Fsp3) is 0.435. The van der Waals surface area contributed by atoms with E-state index in [1.165, 1.54) is 14.2 Å². The van der Waals surface area contributed by atoms with E-state index in [4.69, 9.17) is 18.9 Å². The third-order valence-electron chi connectivity index (χ3n) is 5.30. The molecule has 0 radical (unpaired) electrons. The van der Waals surface area contributed by atoms with Crippen LogP contribution in [0.1, 0.15) is 43.0 Å². The number of carbonyl (C=O) groups excluding carboxylic acids is 1. The Bertz CT molecular complexity index is 898. The zero-order valence-electron chi connectivity index (χ0n) is 17.9. The lowest BCUT2D eigenvalue weighted by molar-refractivity contribution is 0.0699. The molecule has 0 saturated carbocycles. The molecule has 1 aliphatic heterocycles. The van der Waals surface area contributed by atoms with E-state index in [-0.39, 0.29) is 5.78 Å². The number of Topliss-reactive ketones (excluding diaryl/α,β-unsaturated/α-hetero) is 1. The summed E-state index contributed by atoms with van der Waals surface area (Å²) in [5.74, 6) is 1.80. The van der Waals surface area contributed by atoms with Crippen LogP contribution in [0.25, 0.3) is 0 Å². The molecule has 2 aromatic rings. The van der Waals surface area contributed by atoms with Crippen molar-refractivity contribution in [2.45, 2.75) is 38.8 Å². The summed E-state index contributed by atoms with van der Waals surface area (Å²) >= 11 is 0. The van der Waals surface area contributed by atoms with E-state index in [9.17, 15) is 9.90 Å². The molecule has 2 aromatic carbocycles. The summed E-state index contributed by atoms with van der Waals surface area (Å²) in [5, 5.41) is 13.7. The number of anilines is 1. The second-order valence-electron chi connectivity index (χ2n) is 7.22. The van der Waals surface area contributed by atoms with Crippen molar-refractivity contribution in [2.24, 2.45) is 5.92 Å². The summed E-state index contributed by atoms with van der Waals surface area (Å²) in [6.45, 7) is 2.11. The largest absolute Gasteiger partial charge is 0.497 e. The van der Waals surface area contributed by atoms with Crippen LogP contribution in [0, 0.1) is 5.92 Å². The standard InChI is InChI=1S/C23H29NO6/c1-5-6-7-8-16-22(25)17-11-15(28-3)13-20(21(17)24-23(16)26)30-18-10-9-14(27-2)12-19(18)29-4/h9-13,16,23-24,26H,5-8H2,1-4H3. The first-order chi connectivity index (χ1) is 14.5. The fourth-order valence-corrected chi connectivity index (χ4v) is 3.60. The maximum Gasteiger partial charge on any atom is 0.172 e. The summed E-state index contributed by atoms with van der Waals surface area (Å²) in [6.07, 6.45) is 2.61. The number of aliphatic hydroxyl groups excluding tert-OH is 1. The van der Waals surface area contributed by atoms with Gasteiger partial charge in [-0.2, -0.15) is 0 Å². The second-order valence-corrected chi connectivity index (χ2v) is 7.22. The highest BCUT2D eigenvalue weighted by Crippen LogP contribution is 2.44. The number of unbranched alkanes of at least 4 members (excludes halogenated alkanes) is 2. The van der Waals surface area contributed by atoms with Gasteiger partial charge in [0.1, 0.15) is 17.7 Å². The molecule has 3 rings (SSSR count). The minimum atomic E-state index is -0.977. The normalized spacial score (nSPS) is 17.7. The van der Waals surface area contributed by atoms with E-state index in [0.717, 1.165) is 19.3 Å². The number of ether oxygens (including phenoxy) is 4. The number of hydrogen-bond acceptors (Lipinski definition) is 7. The summed E-state index contributed by atoms with van der Waals surface area (Å²) in [5.41, 5.74) is 0.890. The van der Waals surface area contributed by atoms with Crippen LogP contribution < -0.4 is 24.3 Å². The summed E-state index contributed by atoms with van der Waals surface area (Å²) in [7, 11) is 4.64. The van der Waals surface area contributed by atoms with Crippen molar-refractivity contribution in [3.63, 3.8) is 0 Å². The number of methoxy groups -OCH3 is 3. The molecule has 162 valence electrons. The fourth-order valence-electron chi connectivity index (χ4n) is 3.60. The van der Waals surface area contributed by atoms with Gasteiger partial charge in [-0.1, -0.05) is 26.2 Å². The first kappa shape index (κ1) is 21.8. The lowest BCUT2D eigenvalue weighted by Crippen LogP contribution is -2.39. The molecule has 0 bridgehead atoms. The summed E-state index contributed by atoms with van der Waals surface area (Å²) < 4.78 is 22.1. The van der Waals surface area contributed by atoms with Crippen molar-refractivity contribution in [2.75, 3.05) is 26.6 Å². The molecule has 1 aliphatic rings. The van der Waals surface area contributed by atoms with Crippen LogP contribution in [0.15, 0.2) is 30.3 Å². The van der Waals surface area contributed by atoms with Crippen molar-refractivity contribution in [3.8, 4) is 28.7 Å². The van der Waals surface area contributed by atoms with Crippen LogP contribution >= 0.6 is 0 Å². The van der Waals surface area contributed by atoms with Gasteiger partial charge < -0.3 is 29.4 Å².